The topological polar surface area (TPSA) is 31.4 Å². The number of rotatable bonds is 5. The summed E-state index contributed by atoms with van der Waals surface area (Å²) in [5, 5.41) is -0.0102. The zero-order valence-electron chi connectivity index (χ0n) is 26.6. The summed E-state index contributed by atoms with van der Waals surface area (Å²) in [7, 11) is -12.0. The second-order valence-electron chi connectivity index (χ2n) is 15.5. The first-order valence-corrected chi connectivity index (χ1v) is 21.3. The average Bonchev–Trinajstić information content (AvgIpc) is 3.36. The van der Waals surface area contributed by atoms with Gasteiger partial charge in [-0.3, -0.25) is 4.98 Å². The van der Waals surface area contributed by atoms with Crippen molar-refractivity contribution in [2.24, 2.45) is 5.41 Å². The Kier molecular flexibility index (Phi) is 7.53. The third kappa shape index (κ3) is 5.96. The van der Waals surface area contributed by atoms with Crippen molar-refractivity contribution in [2.45, 2.75) is 131 Å². The van der Waals surface area contributed by atoms with E-state index in [-0.39, 0.29) is 26.4 Å². The van der Waals surface area contributed by atoms with Crippen LogP contribution < -0.4 is 0 Å². The lowest BCUT2D eigenvalue weighted by Gasteiger charge is -2.45. The number of fused-ring (bicyclic) bond motifs is 4. The standard InChI is InChI=1S/C32H45F5INO2SSi/c1-19(2)28-26-27(25-22(39-28)17-31(6,7)18-23(25)41-43(8,9)30(3,4)5)32(16-10-11-24(32)38)40-29(26)20-12-14-21(15-13-20)42(33,34,35,36)37/h12-15,19,23-24,29H,10-11,16-18H2,1-9H3/t23?,24?,29-,32?/m1/s1. The highest BCUT2D eigenvalue weighted by Crippen LogP contribution is 3.02. The van der Waals surface area contributed by atoms with Gasteiger partial charge in [-0.2, -0.15) is 0 Å². The molecule has 0 N–H and O–H groups in total. The van der Waals surface area contributed by atoms with E-state index < -0.39 is 35.1 Å². The first-order valence-electron chi connectivity index (χ1n) is 15.2. The Morgan fingerprint density at radius 3 is 2.14 bits per heavy atom. The number of benzene rings is 1. The van der Waals surface area contributed by atoms with E-state index in [4.69, 9.17) is 14.1 Å². The molecule has 1 aromatic carbocycles. The van der Waals surface area contributed by atoms with Crippen LogP contribution in [-0.4, -0.2) is 17.2 Å². The lowest BCUT2D eigenvalue weighted by atomic mass is 9.70. The molecule has 3 aliphatic rings. The molecule has 1 fully saturated rings. The Hall–Kier alpha value is -0.763. The number of aromatic nitrogens is 1. The quantitative estimate of drug-likeness (QED) is 0.132. The van der Waals surface area contributed by atoms with E-state index in [9.17, 15) is 19.4 Å². The third-order valence-electron chi connectivity index (χ3n) is 10.0. The van der Waals surface area contributed by atoms with Crippen LogP contribution in [0.25, 0.3) is 0 Å². The molecule has 4 atom stereocenters. The highest BCUT2D eigenvalue weighted by molar-refractivity contribution is 14.1. The summed E-state index contributed by atoms with van der Waals surface area (Å²) in [6.07, 6.45) is 3.39. The summed E-state index contributed by atoms with van der Waals surface area (Å²) in [5.41, 5.74) is 4.71. The van der Waals surface area contributed by atoms with Gasteiger partial charge in [0.15, 0.2) is 8.32 Å². The molecule has 242 valence electrons. The van der Waals surface area contributed by atoms with Gasteiger partial charge in [-0.25, -0.2) is 0 Å². The van der Waals surface area contributed by atoms with Crippen LogP contribution in [-0.2, 0) is 21.2 Å². The Labute approximate surface area is 268 Å². The maximum Gasteiger partial charge on any atom is 0.310 e. The van der Waals surface area contributed by atoms with Gasteiger partial charge < -0.3 is 9.16 Å². The van der Waals surface area contributed by atoms with Crippen LogP contribution >= 0.6 is 32.8 Å². The van der Waals surface area contributed by atoms with E-state index in [0.717, 1.165) is 72.3 Å². The minimum Gasteiger partial charge on any atom is -0.410 e. The summed E-state index contributed by atoms with van der Waals surface area (Å²) >= 11 is 2.47. The zero-order valence-corrected chi connectivity index (χ0v) is 30.6. The van der Waals surface area contributed by atoms with Crippen molar-refractivity contribution < 1.29 is 28.6 Å². The molecule has 2 heterocycles. The third-order valence-corrected chi connectivity index (χ3v) is 17.3. The fraction of sp³-hybridized carbons (Fsp3) is 0.656. The fourth-order valence-electron chi connectivity index (χ4n) is 6.90. The monoisotopic (exact) mass is 757 g/mol. The molecule has 1 saturated carbocycles. The minimum absolute atomic E-state index is 0.0102. The molecule has 3 unspecified atom stereocenters. The molecule has 1 aromatic heterocycles. The van der Waals surface area contributed by atoms with Gasteiger partial charge in [0.2, 0.25) is 0 Å². The summed E-state index contributed by atoms with van der Waals surface area (Å²) in [4.78, 5) is 3.43. The lowest BCUT2D eigenvalue weighted by Crippen LogP contribution is -2.44. The number of alkyl halides is 1. The Morgan fingerprint density at radius 1 is 1.05 bits per heavy atom. The SMILES string of the molecule is CC(C)c1nc2c(c3c1[C@@H](c1ccc(S(F)(F)(F)(F)F)cc1)OC31CCCC1I)C(O[Si](C)(C)C(C)(C)C)CC(C)(C)C2. The smallest absolute Gasteiger partial charge is 0.310 e. The van der Waals surface area contributed by atoms with E-state index in [2.05, 4.69) is 84.2 Å². The van der Waals surface area contributed by atoms with Gasteiger partial charge in [0, 0.05) is 32.0 Å². The van der Waals surface area contributed by atoms with E-state index in [0.29, 0.717) is 17.7 Å². The maximum absolute atomic E-state index is 13.6. The van der Waals surface area contributed by atoms with Gasteiger partial charge >= 0.3 is 10.2 Å². The van der Waals surface area contributed by atoms with Crippen molar-refractivity contribution in [1.29, 1.82) is 0 Å². The Morgan fingerprint density at radius 2 is 1.65 bits per heavy atom. The van der Waals surface area contributed by atoms with Crippen molar-refractivity contribution in [3.05, 3.63) is 57.9 Å². The summed E-state index contributed by atoms with van der Waals surface area (Å²) in [5.74, 6) is 0.0168. The highest BCUT2D eigenvalue weighted by atomic mass is 127. The normalized spacial score (nSPS) is 29.0. The van der Waals surface area contributed by atoms with Crippen molar-refractivity contribution in [2.75, 3.05) is 0 Å². The van der Waals surface area contributed by atoms with Crippen LogP contribution in [0.4, 0.5) is 19.4 Å². The second-order valence-corrected chi connectivity index (χ2v) is 24.2. The van der Waals surface area contributed by atoms with Crippen molar-refractivity contribution >= 4 is 41.1 Å². The van der Waals surface area contributed by atoms with Crippen LogP contribution in [0.5, 0.6) is 0 Å². The molecule has 43 heavy (non-hydrogen) atoms. The first-order chi connectivity index (χ1) is 19.3. The Bertz CT molecular complexity index is 1440. The van der Waals surface area contributed by atoms with Crippen LogP contribution in [0.15, 0.2) is 29.2 Å². The highest BCUT2D eigenvalue weighted by Gasteiger charge is 2.65. The van der Waals surface area contributed by atoms with Gasteiger partial charge in [0.05, 0.1) is 6.10 Å². The van der Waals surface area contributed by atoms with Gasteiger partial charge in [0.25, 0.3) is 0 Å². The maximum atomic E-state index is 13.6. The molecule has 0 radical (unpaired) electrons. The average molecular weight is 758 g/mol. The largest absolute Gasteiger partial charge is 0.410 e. The number of ether oxygens (including phenoxy) is 1. The van der Waals surface area contributed by atoms with E-state index in [1.54, 1.807) is 0 Å². The van der Waals surface area contributed by atoms with Crippen molar-refractivity contribution in [3.8, 4) is 0 Å². The van der Waals surface area contributed by atoms with E-state index in [1.807, 2.05) is 0 Å². The summed E-state index contributed by atoms with van der Waals surface area (Å²) in [6.45, 7) is 19.9. The van der Waals surface area contributed by atoms with Crippen LogP contribution in [0.1, 0.15) is 126 Å². The summed E-state index contributed by atoms with van der Waals surface area (Å²) < 4.78 is 82.5. The number of hydrogen-bond acceptors (Lipinski definition) is 3. The second kappa shape index (κ2) is 9.64. The molecule has 0 saturated heterocycles. The number of pyridine rings is 1. The molecular formula is C32H45F5INO2SSi. The fourth-order valence-corrected chi connectivity index (χ4v) is 10.0. The Balaban J connectivity index is 1.78. The molecule has 1 aliphatic heterocycles. The molecule has 2 aliphatic carbocycles. The number of nitrogens with zero attached hydrogens (tertiary/aromatic N) is 1. The molecule has 0 amide bonds. The van der Waals surface area contributed by atoms with Gasteiger partial charge in [-0.1, -0.05) is 103 Å². The zero-order chi connectivity index (χ0) is 32.2. The minimum atomic E-state index is -9.81. The molecule has 2 aromatic rings. The predicted octanol–water partition coefficient (Wildman–Crippen LogP) is 12.2. The van der Waals surface area contributed by atoms with Gasteiger partial charge in [0.1, 0.15) is 16.6 Å². The van der Waals surface area contributed by atoms with Crippen LogP contribution in [0.3, 0.4) is 0 Å². The van der Waals surface area contributed by atoms with Crippen molar-refractivity contribution in [3.63, 3.8) is 0 Å². The molecular weight excluding hydrogens is 712 g/mol. The van der Waals surface area contributed by atoms with Crippen LogP contribution in [0, 0.1) is 5.41 Å². The molecule has 1 spiro atoms. The van der Waals surface area contributed by atoms with E-state index in [1.165, 1.54) is 0 Å². The van der Waals surface area contributed by atoms with Crippen LogP contribution in [0.2, 0.25) is 18.1 Å². The predicted molar refractivity (Wildman–Crippen MR) is 176 cm³/mol. The van der Waals surface area contributed by atoms with E-state index >= 15 is 0 Å². The summed E-state index contributed by atoms with van der Waals surface area (Å²) in [6, 6.07) is 3.34. The first kappa shape index (κ1) is 33.6. The molecule has 5 rings (SSSR count). The molecule has 11 heteroatoms. The number of hydrogen-bond donors (Lipinski definition) is 0. The number of halogens is 6. The lowest BCUT2D eigenvalue weighted by molar-refractivity contribution is -0.0515. The van der Waals surface area contributed by atoms with Gasteiger partial charge in [-0.15, -0.1) is 0 Å². The molecule has 3 nitrogen and oxygen atoms in total. The van der Waals surface area contributed by atoms with Crippen molar-refractivity contribution in [1.82, 2.24) is 4.98 Å². The van der Waals surface area contributed by atoms with Gasteiger partial charge in [-0.05, 0) is 79.3 Å². The molecule has 0 bridgehead atoms.